The molecule has 3 unspecified atom stereocenters. The highest BCUT2D eigenvalue weighted by atomic mass is 31.0. The van der Waals surface area contributed by atoms with Crippen LogP contribution in [0, 0.1) is 11.8 Å². The molecule has 4 rings (SSSR count). The maximum atomic E-state index is 13.1. The number of nitrogens with one attached hydrogen (secondary N) is 1. The first kappa shape index (κ1) is 25.0. The molecule has 34 heavy (non-hydrogen) atoms. The van der Waals surface area contributed by atoms with Gasteiger partial charge in [-0.05, 0) is 67.6 Å². The summed E-state index contributed by atoms with van der Waals surface area (Å²) in [6.45, 7) is 7.49. The molecule has 3 aliphatic rings. The van der Waals surface area contributed by atoms with Crippen molar-refractivity contribution < 1.29 is 9.53 Å². The van der Waals surface area contributed by atoms with Gasteiger partial charge in [0.2, 0.25) is 0 Å². The van der Waals surface area contributed by atoms with Crippen molar-refractivity contribution in [1.82, 2.24) is 15.1 Å². The van der Waals surface area contributed by atoms with E-state index in [1.807, 2.05) is 23.1 Å². The molecule has 184 valence electrons. The molecule has 1 aromatic carbocycles. The van der Waals surface area contributed by atoms with Crippen LogP contribution in [0.5, 0.6) is 0 Å². The quantitative estimate of drug-likeness (QED) is 0.461. The second kappa shape index (κ2) is 11.1. The first-order valence-electron chi connectivity index (χ1n) is 12.4. The minimum Gasteiger partial charge on any atom is -0.397 e. The smallest absolute Gasteiger partial charge is 0.321 e. The number of carbonyl (C=O) groups is 1. The number of nitrogens with zero attached hydrogens (tertiary/aromatic N) is 2. The van der Waals surface area contributed by atoms with E-state index >= 15 is 0 Å². The lowest BCUT2D eigenvalue weighted by molar-refractivity contribution is -0.0694. The predicted molar refractivity (Wildman–Crippen MR) is 143 cm³/mol. The number of urea groups is 1. The van der Waals surface area contributed by atoms with E-state index < -0.39 is 0 Å². The zero-order valence-corrected chi connectivity index (χ0v) is 21.8. The van der Waals surface area contributed by atoms with E-state index in [9.17, 15) is 4.79 Å². The van der Waals surface area contributed by atoms with Crippen LogP contribution in [0.2, 0.25) is 0 Å². The molecule has 2 amide bonds. The molecule has 2 aliphatic heterocycles. The van der Waals surface area contributed by atoms with Crippen molar-refractivity contribution >= 4 is 26.1 Å². The molecule has 0 radical (unpaired) electrons. The molecule has 0 spiro atoms. The van der Waals surface area contributed by atoms with Gasteiger partial charge in [0, 0.05) is 19.1 Å². The standard InChI is InChI=1S/C27H39N4O2P/c1-4-5-26(25(28)11-6-18(2)19-7-9-24(34)10-8-19)29-27(32)31-14-20-12-22(13-21(20)15-31)30(3)23-16-33-17-23/h5-11,20-23H,4,12-17,28,34H2,1-3H3,(H,29,32)/b18-6+,25-11+,26-5-. The van der Waals surface area contributed by atoms with Crippen molar-refractivity contribution in [2.24, 2.45) is 17.6 Å². The van der Waals surface area contributed by atoms with Gasteiger partial charge in [0.15, 0.2) is 0 Å². The molecule has 1 saturated carbocycles. The van der Waals surface area contributed by atoms with Gasteiger partial charge < -0.3 is 20.7 Å². The van der Waals surface area contributed by atoms with E-state index in [1.54, 1.807) is 0 Å². The van der Waals surface area contributed by atoms with Crippen molar-refractivity contribution in [2.45, 2.75) is 45.2 Å². The summed E-state index contributed by atoms with van der Waals surface area (Å²) in [4.78, 5) is 17.6. The third-order valence-electron chi connectivity index (χ3n) is 7.63. The van der Waals surface area contributed by atoms with Crippen LogP contribution >= 0.6 is 9.24 Å². The molecule has 2 saturated heterocycles. The average Bonchev–Trinajstić information content (AvgIpc) is 3.36. The molecule has 3 N–H and O–H groups in total. The van der Waals surface area contributed by atoms with Crippen LogP contribution in [0.3, 0.4) is 0 Å². The third kappa shape index (κ3) is 5.73. The van der Waals surface area contributed by atoms with Crippen LogP contribution in [0.15, 0.2) is 53.9 Å². The molecule has 0 bridgehead atoms. The fourth-order valence-corrected chi connectivity index (χ4v) is 5.50. The van der Waals surface area contributed by atoms with E-state index in [0.717, 1.165) is 49.2 Å². The van der Waals surface area contributed by atoms with Gasteiger partial charge in [-0.1, -0.05) is 43.3 Å². The lowest BCUT2D eigenvalue weighted by Crippen LogP contribution is -2.51. The summed E-state index contributed by atoms with van der Waals surface area (Å²) in [5.74, 6) is 1.17. The van der Waals surface area contributed by atoms with Gasteiger partial charge in [-0.3, -0.25) is 4.90 Å². The highest BCUT2D eigenvalue weighted by molar-refractivity contribution is 7.27. The Bertz CT molecular complexity index is 953. The number of benzene rings is 1. The van der Waals surface area contributed by atoms with Gasteiger partial charge in [0.25, 0.3) is 0 Å². The Morgan fingerprint density at radius 2 is 1.82 bits per heavy atom. The van der Waals surface area contributed by atoms with Crippen LogP contribution in [0.4, 0.5) is 4.79 Å². The lowest BCUT2D eigenvalue weighted by Gasteiger charge is -2.38. The van der Waals surface area contributed by atoms with E-state index in [-0.39, 0.29) is 6.03 Å². The number of amides is 2. The average molecular weight is 483 g/mol. The van der Waals surface area contributed by atoms with Gasteiger partial charge >= 0.3 is 6.03 Å². The van der Waals surface area contributed by atoms with Crippen LogP contribution in [-0.2, 0) is 4.74 Å². The maximum Gasteiger partial charge on any atom is 0.321 e. The Hall–Kier alpha value is -2.14. The predicted octanol–water partition coefficient (Wildman–Crippen LogP) is 3.48. The number of likely N-dealkylation sites (tertiary alicyclic amines) is 1. The Balaban J connectivity index is 1.33. The minimum absolute atomic E-state index is 0.0421. The number of carbonyl (C=O) groups excluding carboxylic acids is 1. The third-order valence-corrected chi connectivity index (χ3v) is 8.01. The first-order chi connectivity index (χ1) is 16.4. The number of allylic oxidation sites excluding steroid dienone is 4. The highest BCUT2D eigenvalue weighted by Crippen LogP contribution is 2.40. The number of ether oxygens (including phenoxy) is 1. The Morgan fingerprint density at radius 3 is 2.38 bits per heavy atom. The fourth-order valence-electron chi connectivity index (χ4n) is 5.31. The maximum absolute atomic E-state index is 13.1. The summed E-state index contributed by atoms with van der Waals surface area (Å²) in [7, 11) is 4.93. The summed E-state index contributed by atoms with van der Waals surface area (Å²) in [5, 5.41) is 4.24. The number of likely N-dealkylation sites (N-methyl/N-ethyl adjacent to an activating group) is 1. The first-order valence-corrected chi connectivity index (χ1v) is 13.0. The second-order valence-corrected chi connectivity index (χ2v) is 10.6. The fraction of sp³-hybridized carbons (Fsp3) is 0.519. The number of rotatable bonds is 7. The van der Waals surface area contributed by atoms with Crippen LogP contribution in [0.25, 0.3) is 5.57 Å². The van der Waals surface area contributed by atoms with E-state index in [2.05, 4.69) is 64.6 Å². The van der Waals surface area contributed by atoms with Crippen molar-refractivity contribution in [3.8, 4) is 0 Å². The van der Waals surface area contributed by atoms with E-state index in [1.165, 1.54) is 12.8 Å². The molecule has 3 fully saturated rings. The largest absolute Gasteiger partial charge is 0.397 e. The molecule has 6 nitrogen and oxygen atoms in total. The van der Waals surface area contributed by atoms with Gasteiger partial charge in [-0.15, -0.1) is 9.24 Å². The van der Waals surface area contributed by atoms with Crippen molar-refractivity contribution in [2.75, 3.05) is 33.4 Å². The molecule has 1 aromatic rings. The highest BCUT2D eigenvalue weighted by Gasteiger charge is 2.45. The molecular formula is C27H39N4O2P. The Labute approximate surface area is 206 Å². The molecular weight excluding hydrogens is 443 g/mol. The molecule has 3 atom stereocenters. The zero-order valence-electron chi connectivity index (χ0n) is 20.7. The SMILES string of the molecule is CC/C=C(NC(=O)N1CC2CC(N(C)C3COC3)CC2C1)/C(N)=C\C=C(/C)c1ccc(P)cc1. The Kier molecular flexibility index (Phi) is 8.13. The van der Waals surface area contributed by atoms with Crippen LogP contribution in [0.1, 0.15) is 38.7 Å². The van der Waals surface area contributed by atoms with Crippen LogP contribution < -0.4 is 16.4 Å². The second-order valence-electron chi connectivity index (χ2n) is 9.96. The monoisotopic (exact) mass is 482 g/mol. The van der Waals surface area contributed by atoms with Crippen molar-refractivity contribution in [3.05, 3.63) is 59.5 Å². The number of hydrogen-bond donors (Lipinski definition) is 2. The topological polar surface area (TPSA) is 70.8 Å². The molecule has 2 heterocycles. The van der Waals surface area contributed by atoms with E-state index in [4.69, 9.17) is 10.5 Å². The number of fused-ring (bicyclic) bond motifs is 1. The van der Waals surface area contributed by atoms with E-state index in [0.29, 0.717) is 35.3 Å². The van der Waals surface area contributed by atoms with Crippen molar-refractivity contribution in [3.63, 3.8) is 0 Å². The minimum atomic E-state index is -0.0421. The van der Waals surface area contributed by atoms with Gasteiger partial charge in [-0.2, -0.15) is 0 Å². The normalized spacial score (nSPS) is 26.1. The summed E-state index contributed by atoms with van der Waals surface area (Å²) in [5.41, 5.74) is 9.92. The molecule has 1 aliphatic carbocycles. The Morgan fingerprint density at radius 1 is 1.18 bits per heavy atom. The van der Waals surface area contributed by atoms with Crippen molar-refractivity contribution in [1.29, 1.82) is 0 Å². The zero-order chi connectivity index (χ0) is 24.2. The van der Waals surface area contributed by atoms with Gasteiger partial charge in [0.1, 0.15) is 0 Å². The number of nitrogens with two attached hydrogens (primary N) is 1. The lowest BCUT2D eigenvalue weighted by atomic mass is 10.0. The summed E-state index contributed by atoms with van der Waals surface area (Å²) < 4.78 is 5.36. The van der Waals surface area contributed by atoms with Gasteiger partial charge in [-0.25, -0.2) is 4.79 Å². The van der Waals surface area contributed by atoms with Gasteiger partial charge in [0.05, 0.1) is 30.6 Å². The van der Waals surface area contributed by atoms with Crippen LogP contribution in [-0.4, -0.2) is 61.3 Å². The summed E-state index contributed by atoms with van der Waals surface area (Å²) >= 11 is 0. The molecule has 0 aromatic heterocycles. The number of hydrogen-bond acceptors (Lipinski definition) is 4. The summed E-state index contributed by atoms with van der Waals surface area (Å²) in [6.07, 6.45) is 9.01. The molecule has 7 heteroatoms. The summed E-state index contributed by atoms with van der Waals surface area (Å²) in [6, 6.07) is 9.47.